The Kier molecular flexibility index (Phi) is 2.75. The predicted octanol–water partition coefficient (Wildman–Crippen LogP) is 2.70. The summed E-state index contributed by atoms with van der Waals surface area (Å²) in [6.45, 7) is 6.59. The third kappa shape index (κ3) is 1.65. The van der Waals surface area contributed by atoms with Crippen molar-refractivity contribution in [2.24, 2.45) is 0 Å². The quantitative estimate of drug-likeness (QED) is 0.683. The highest BCUT2D eigenvalue weighted by molar-refractivity contribution is 5.25. The lowest BCUT2D eigenvalue weighted by atomic mass is 10.1. The standard InChI is InChI=1S/C10H17N/c1-4-8-7-9(5-2)11-10(8)6-3/h7,11H,4-6H2,1-3H3. The first-order valence-electron chi connectivity index (χ1n) is 4.51. The van der Waals surface area contributed by atoms with Crippen LogP contribution in [0.4, 0.5) is 0 Å². The van der Waals surface area contributed by atoms with E-state index in [-0.39, 0.29) is 0 Å². The summed E-state index contributed by atoms with van der Waals surface area (Å²) in [4.78, 5) is 3.43. The minimum atomic E-state index is 1.12. The third-order valence-electron chi connectivity index (χ3n) is 2.16. The van der Waals surface area contributed by atoms with Gasteiger partial charge < -0.3 is 4.98 Å². The highest BCUT2D eigenvalue weighted by Gasteiger charge is 2.02. The second-order valence-electron chi connectivity index (χ2n) is 2.86. The molecule has 1 heteroatoms. The molecule has 0 saturated heterocycles. The zero-order valence-corrected chi connectivity index (χ0v) is 7.70. The van der Waals surface area contributed by atoms with E-state index in [4.69, 9.17) is 0 Å². The van der Waals surface area contributed by atoms with Gasteiger partial charge in [0, 0.05) is 11.4 Å². The number of hydrogen-bond acceptors (Lipinski definition) is 0. The van der Waals surface area contributed by atoms with Crippen molar-refractivity contribution in [3.63, 3.8) is 0 Å². The lowest BCUT2D eigenvalue weighted by molar-refractivity contribution is 0.973. The summed E-state index contributed by atoms with van der Waals surface area (Å²) in [5, 5.41) is 0. The molecule has 62 valence electrons. The fraction of sp³-hybridized carbons (Fsp3) is 0.600. The van der Waals surface area contributed by atoms with Gasteiger partial charge in [-0.3, -0.25) is 0 Å². The van der Waals surface area contributed by atoms with Crippen LogP contribution in [0.2, 0.25) is 0 Å². The molecule has 1 rings (SSSR count). The second-order valence-corrected chi connectivity index (χ2v) is 2.86. The topological polar surface area (TPSA) is 15.8 Å². The molecule has 1 heterocycles. The third-order valence-corrected chi connectivity index (χ3v) is 2.16. The van der Waals surface area contributed by atoms with Crippen LogP contribution in [0.5, 0.6) is 0 Å². The van der Waals surface area contributed by atoms with Gasteiger partial charge in [-0.05, 0) is 30.9 Å². The van der Waals surface area contributed by atoms with Crippen LogP contribution < -0.4 is 0 Å². The van der Waals surface area contributed by atoms with E-state index >= 15 is 0 Å². The summed E-state index contributed by atoms with van der Waals surface area (Å²) in [5.74, 6) is 0. The van der Waals surface area contributed by atoms with Gasteiger partial charge in [-0.1, -0.05) is 20.8 Å². The lowest BCUT2D eigenvalue weighted by Gasteiger charge is -1.94. The number of aromatic nitrogens is 1. The first-order chi connectivity index (χ1) is 5.31. The van der Waals surface area contributed by atoms with Gasteiger partial charge in [0.1, 0.15) is 0 Å². The number of nitrogens with one attached hydrogen (secondary N) is 1. The van der Waals surface area contributed by atoms with Gasteiger partial charge in [-0.15, -0.1) is 0 Å². The van der Waals surface area contributed by atoms with E-state index in [0.29, 0.717) is 0 Å². The number of aromatic amines is 1. The molecule has 0 unspecified atom stereocenters. The predicted molar refractivity (Wildman–Crippen MR) is 48.9 cm³/mol. The molecule has 0 amide bonds. The summed E-state index contributed by atoms with van der Waals surface area (Å²) in [6.07, 6.45) is 3.40. The maximum absolute atomic E-state index is 3.43. The number of H-pyrrole nitrogens is 1. The molecule has 0 spiro atoms. The molecule has 0 aliphatic heterocycles. The SMILES string of the molecule is CCc1cc(CC)c(CC)[nH]1. The van der Waals surface area contributed by atoms with Crippen molar-refractivity contribution in [2.75, 3.05) is 0 Å². The van der Waals surface area contributed by atoms with Crippen molar-refractivity contribution < 1.29 is 0 Å². The fourth-order valence-corrected chi connectivity index (χ4v) is 1.43. The first kappa shape index (κ1) is 8.38. The minimum Gasteiger partial charge on any atom is -0.362 e. The van der Waals surface area contributed by atoms with Crippen LogP contribution in [0.1, 0.15) is 37.7 Å². The molecular formula is C10H17N. The molecule has 0 aliphatic carbocycles. The van der Waals surface area contributed by atoms with Crippen LogP contribution in [0.3, 0.4) is 0 Å². The Balaban J connectivity index is 2.92. The Morgan fingerprint density at radius 3 is 2.18 bits per heavy atom. The van der Waals surface area contributed by atoms with Crippen LogP contribution >= 0.6 is 0 Å². The molecule has 0 saturated carbocycles. The molecule has 0 aliphatic rings. The maximum Gasteiger partial charge on any atom is 0.0178 e. The summed E-state index contributed by atoms with van der Waals surface area (Å²) in [7, 11) is 0. The highest BCUT2D eigenvalue weighted by atomic mass is 14.7. The molecule has 0 fully saturated rings. The Morgan fingerprint density at radius 2 is 1.82 bits per heavy atom. The molecule has 11 heavy (non-hydrogen) atoms. The van der Waals surface area contributed by atoms with Crippen molar-refractivity contribution in [3.05, 3.63) is 23.0 Å². The summed E-state index contributed by atoms with van der Waals surface area (Å²) >= 11 is 0. The zero-order chi connectivity index (χ0) is 8.27. The summed E-state index contributed by atoms with van der Waals surface area (Å²) in [6, 6.07) is 2.29. The summed E-state index contributed by atoms with van der Waals surface area (Å²) in [5.41, 5.74) is 4.28. The Hall–Kier alpha value is -0.720. The van der Waals surface area contributed by atoms with Crippen molar-refractivity contribution in [1.29, 1.82) is 0 Å². The van der Waals surface area contributed by atoms with E-state index in [1.54, 1.807) is 0 Å². The maximum atomic E-state index is 3.43. The van der Waals surface area contributed by atoms with E-state index < -0.39 is 0 Å². The van der Waals surface area contributed by atoms with E-state index in [1.165, 1.54) is 17.0 Å². The average molecular weight is 151 g/mol. The Morgan fingerprint density at radius 1 is 1.09 bits per heavy atom. The number of rotatable bonds is 3. The van der Waals surface area contributed by atoms with Gasteiger partial charge >= 0.3 is 0 Å². The van der Waals surface area contributed by atoms with Gasteiger partial charge in [-0.2, -0.15) is 0 Å². The zero-order valence-electron chi connectivity index (χ0n) is 7.70. The smallest absolute Gasteiger partial charge is 0.0178 e. The first-order valence-corrected chi connectivity index (χ1v) is 4.51. The van der Waals surface area contributed by atoms with Crippen LogP contribution in [0.25, 0.3) is 0 Å². The van der Waals surface area contributed by atoms with Gasteiger partial charge in [0.05, 0.1) is 0 Å². The lowest BCUT2D eigenvalue weighted by Crippen LogP contribution is -1.86. The molecule has 1 nitrogen and oxygen atoms in total. The van der Waals surface area contributed by atoms with Crippen molar-refractivity contribution in [3.8, 4) is 0 Å². The van der Waals surface area contributed by atoms with Gasteiger partial charge in [0.25, 0.3) is 0 Å². The molecule has 1 aromatic heterocycles. The van der Waals surface area contributed by atoms with Gasteiger partial charge in [0.2, 0.25) is 0 Å². The van der Waals surface area contributed by atoms with Crippen LogP contribution in [-0.4, -0.2) is 4.98 Å². The van der Waals surface area contributed by atoms with E-state index in [0.717, 1.165) is 19.3 Å². The second kappa shape index (κ2) is 3.61. The largest absolute Gasteiger partial charge is 0.362 e. The van der Waals surface area contributed by atoms with Crippen molar-refractivity contribution in [2.45, 2.75) is 40.0 Å². The van der Waals surface area contributed by atoms with E-state index in [2.05, 4.69) is 31.8 Å². The Bertz CT molecular complexity index is 201. The van der Waals surface area contributed by atoms with Gasteiger partial charge in [-0.25, -0.2) is 0 Å². The van der Waals surface area contributed by atoms with Crippen LogP contribution in [-0.2, 0) is 19.3 Å². The van der Waals surface area contributed by atoms with Crippen LogP contribution in [0, 0.1) is 0 Å². The monoisotopic (exact) mass is 151 g/mol. The molecule has 1 N–H and O–H groups in total. The molecule has 0 bridgehead atoms. The molecule has 0 radical (unpaired) electrons. The molecule has 1 aromatic rings. The number of hydrogen-bond donors (Lipinski definition) is 1. The van der Waals surface area contributed by atoms with E-state index in [9.17, 15) is 0 Å². The van der Waals surface area contributed by atoms with Gasteiger partial charge in [0.15, 0.2) is 0 Å². The molecule has 0 atom stereocenters. The summed E-state index contributed by atoms with van der Waals surface area (Å²) < 4.78 is 0. The normalized spacial score (nSPS) is 10.5. The fourth-order valence-electron chi connectivity index (χ4n) is 1.43. The Labute approximate surface area is 68.8 Å². The highest BCUT2D eigenvalue weighted by Crippen LogP contribution is 2.12. The van der Waals surface area contributed by atoms with Crippen molar-refractivity contribution >= 4 is 0 Å². The molecular weight excluding hydrogens is 134 g/mol. The minimum absolute atomic E-state index is 1.12. The number of aryl methyl sites for hydroxylation is 3. The molecule has 0 aromatic carbocycles. The average Bonchev–Trinajstić information content (AvgIpc) is 2.46. The van der Waals surface area contributed by atoms with Crippen molar-refractivity contribution in [1.82, 2.24) is 4.98 Å². The van der Waals surface area contributed by atoms with E-state index in [1.807, 2.05) is 0 Å². The van der Waals surface area contributed by atoms with Crippen LogP contribution in [0.15, 0.2) is 6.07 Å².